The fourth-order valence-corrected chi connectivity index (χ4v) is 2.85. The van der Waals surface area contributed by atoms with Crippen LogP contribution in [0, 0.1) is 18.2 Å². The molecule has 0 bridgehead atoms. The third-order valence-electron chi connectivity index (χ3n) is 2.05. The van der Waals surface area contributed by atoms with Crippen LogP contribution in [0.4, 0.5) is 10.1 Å². The predicted octanol–water partition coefficient (Wildman–Crippen LogP) is 1.42. The van der Waals surface area contributed by atoms with E-state index in [2.05, 4.69) is 21.9 Å². The van der Waals surface area contributed by atoms with Crippen LogP contribution in [-0.2, 0) is 10.0 Å². The normalized spacial score (nSPS) is 11.5. The minimum atomic E-state index is -3.80. The molecule has 1 aromatic rings. The van der Waals surface area contributed by atoms with E-state index >= 15 is 0 Å². The maximum absolute atomic E-state index is 13.1. The van der Waals surface area contributed by atoms with Crippen molar-refractivity contribution in [3.63, 3.8) is 0 Å². The van der Waals surface area contributed by atoms with Crippen molar-refractivity contribution >= 4 is 31.6 Å². The van der Waals surface area contributed by atoms with E-state index < -0.39 is 15.8 Å². The van der Waals surface area contributed by atoms with Crippen molar-refractivity contribution in [3.8, 4) is 12.3 Å². The molecule has 4 nitrogen and oxygen atoms in total. The molecule has 2 N–H and O–H groups in total. The number of halogens is 2. The summed E-state index contributed by atoms with van der Waals surface area (Å²) >= 11 is 2.91. The van der Waals surface area contributed by atoms with Crippen LogP contribution in [0.15, 0.2) is 21.5 Å². The molecule has 92 valence electrons. The molecule has 0 amide bonds. The van der Waals surface area contributed by atoms with Gasteiger partial charge in [-0.1, -0.05) is 5.92 Å². The third kappa shape index (κ3) is 2.77. The quantitative estimate of drug-likeness (QED) is 0.676. The monoisotopic (exact) mass is 320 g/mol. The number of nitrogens with zero attached hydrogens (tertiary/aromatic N) is 1. The summed E-state index contributed by atoms with van der Waals surface area (Å²) in [5.74, 6) is 1.58. The first-order valence-corrected chi connectivity index (χ1v) is 6.68. The van der Waals surface area contributed by atoms with Gasteiger partial charge in [0.1, 0.15) is 10.7 Å². The fraction of sp³-hybridized carbons (Fsp3) is 0.200. The summed E-state index contributed by atoms with van der Waals surface area (Å²) in [6.45, 7) is -0.0865. The summed E-state index contributed by atoms with van der Waals surface area (Å²) in [6, 6.07) is 2.06. The Hall–Kier alpha value is -1.10. The summed E-state index contributed by atoms with van der Waals surface area (Å²) in [4.78, 5) is -0.177. The van der Waals surface area contributed by atoms with E-state index in [1.807, 2.05) is 0 Å². The predicted molar refractivity (Wildman–Crippen MR) is 67.2 cm³/mol. The van der Waals surface area contributed by atoms with Gasteiger partial charge in [0.2, 0.25) is 10.0 Å². The van der Waals surface area contributed by atoms with Crippen molar-refractivity contribution < 1.29 is 12.8 Å². The van der Waals surface area contributed by atoms with Crippen LogP contribution in [-0.4, -0.2) is 26.3 Å². The summed E-state index contributed by atoms with van der Waals surface area (Å²) < 4.78 is 38.1. The molecule has 0 atom stereocenters. The van der Waals surface area contributed by atoms with Crippen LogP contribution in [0.25, 0.3) is 0 Å². The Morgan fingerprint density at radius 2 is 2.18 bits per heavy atom. The van der Waals surface area contributed by atoms with Crippen LogP contribution in [0.1, 0.15) is 0 Å². The molecule has 0 unspecified atom stereocenters. The lowest BCUT2D eigenvalue weighted by Crippen LogP contribution is -2.28. The zero-order valence-corrected chi connectivity index (χ0v) is 11.3. The minimum Gasteiger partial charge on any atom is -0.398 e. The van der Waals surface area contributed by atoms with E-state index in [4.69, 9.17) is 12.2 Å². The molecule has 1 rings (SSSR count). The van der Waals surface area contributed by atoms with Gasteiger partial charge in [-0.3, -0.25) is 0 Å². The van der Waals surface area contributed by atoms with Crippen molar-refractivity contribution in [2.75, 3.05) is 19.3 Å². The molecule has 17 heavy (non-hydrogen) atoms. The van der Waals surface area contributed by atoms with Crippen LogP contribution in [0.5, 0.6) is 0 Å². The lowest BCUT2D eigenvalue weighted by molar-refractivity contribution is 0.503. The number of hydrogen-bond donors (Lipinski definition) is 1. The van der Waals surface area contributed by atoms with Crippen molar-refractivity contribution in [2.24, 2.45) is 0 Å². The van der Waals surface area contributed by atoms with Gasteiger partial charge in [0.15, 0.2) is 0 Å². The SMILES string of the molecule is C#CCN(C)S(=O)(=O)c1cc(Br)c(F)cc1N. The van der Waals surface area contributed by atoms with Crippen LogP contribution < -0.4 is 5.73 Å². The first kappa shape index (κ1) is 14.0. The van der Waals surface area contributed by atoms with Gasteiger partial charge in [-0.05, 0) is 28.1 Å². The van der Waals surface area contributed by atoms with E-state index in [9.17, 15) is 12.8 Å². The first-order valence-electron chi connectivity index (χ1n) is 4.45. The Bertz CT molecular complexity index is 581. The average molecular weight is 321 g/mol. The van der Waals surface area contributed by atoms with Gasteiger partial charge >= 0.3 is 0 Å². The lowest BCUT2D eigenvalue weighted by Gasteiger charge is -2.16. The zero-order valence-electron chi connectivity index (χ0n) is 8.94. The van der Waals surface area contributed by atoms with Crippen LogP contribution in [0.3, 0.4) is 0 Å². The molecule has 0 heterocycles. The highest BCUT2D eigenvalue weighted by atomic mass is 79.9. The molecule has 0 aliphatic heterocycles. The third-order valence-corrected chi connectivity index (χ3v) is 4.52. The van der Waals surface area contributed by atoms with Gasteiger partial charge < -0.3 is 5.73 Å². The van der Waals surface area contributed by atoms with Crippen molar-refractivity contribution in [1.82, 2.24) is 4.31 Å². The Labute approximate surface area is 108 Å². The standard InChI is InChI=1S/C10H10BrFN2O2S/c1-3-4-14(2)17(15,16)10-5-7(11)8(12)6-9(10)13/h1,5-6H,4,13H2,2H3. The number of anilines is 1. The Kier molecular flexibility index (Phi) is 4.14. The number of nitrogens with two attached hydrogens (primary N) is 1. The van der Waals surface area contributed by atoms with Crippen molar-refractivity contribution in [2.45, 2.75) is 4.90 Å². The molecule has 0 aliphatic carbocycles. The molecule has 0 radical (unpaired) electrons. The Morgan fingerprint density at radius 1 is 1.59 bits per heavy atom. The summed E-state index contributed by atoms with van der Waals surface area (Å²) in [6.07, 6.45) is 5.04. The number of benzene rings is 1. The van der Waals surface area contributed by atoms with E-state index in [1.165, 1.54) is 7.05 Å². The lowest BCUT2D eigenvalue weighted by atomic mass is 10.3. The molecule has 0 saturated carbocycles. The highest BCUT2D eigenvalue weighted by molar-refractivity contribution is 9.10. The van der Waals surface area contributed by atoms with Gasteiger partial charge in [0.05, 0.1) is 16.7 Å². The molecule has 0 saturated heterocycles. The van der Waals surface area contributed by atoms with Crippen LogP contribution in [0.2, 0.25) is 0 Å². The fourth-order valence-electron chi connectivity index (χ4n) is 1.15. The largest absolute Gasteiger partial charge is 0.398 e. The van der Waals surface area contributed by atoms with E-state index in [-0.39, 0.29) is 21.6 Å². The molecular formula is C10H10BrFN2O2S. The zero-order chi connectivity index (χ0) is 13.2. The maximum Gasteiger partial charge on any atom is 0.245 e. The molecule has 0 fully saturated rings. The van der Waals surface area contributed by atoms with E-state index in [1.54, 1.807) is 0 Å². The smallest absolute Gasteiger partial charge is 0.245 e. The average Bonchev–Trinajstić information content (AvgIpc) is 2.23. The molecule has 0 aromatic heterocycles. The topological polar surface area (TPSA) is 63.4 Å². The number of hydrogen-bond acceptors (Lipinski definition) is 3. The number of nitrogen functional groups attached to an aromatic ring is 1. The number of rotatable bonds is 3. The second-order valence-corrected chi connectivity index (χ2v) is 6.14. The van der Waals surface area contributed by atoms with Gasteiger partial charge in [-0.15, -0.1) is 6.42 Å². The molecule has 1 aromatic carbocycles. The van der Waals surface area contributed by atoms with Gasteiger partial charge in [0.25, 0.3) is 0 Å². The molecule has 0 spiro atoms. The van der Waals surface area contributed by atoms with Gasteiger partial charge in [0, 0.05) is 7.05 Å². The summed E-state index contributed by atoms with van der Waals surface area (Å²) in [5.41, 5.74) is 5.33. The number of sulfonamides is 1. The second kappa shape index (κ2) is 5.04. The second-order valence-electron chi connectivity index (χ2n) is 3.27. The van der Waals surface area contributed by atoms with Gasteiger partial charge in [-0.25, -0.2) is 12.8 Å². The van der Waals surface area contributed by atoms with E-state index in [0.29, 0.717) is 0 Å². The van der Waals surface area contributed by atoms with E-state index in [0.717, 1.165) is 16.4 Å². The molecule has 7 heteroatoms. The highest BCUT2D eigenvalue weighted by Crippen LogP contribution is 2.27. The number of terminal acetylenes is 1. The first-order chi connectivity index (χ1) is 7.80. The molecule has 0 aliphatic rings. The Balaban J connectivity index is 3.35. The minimum absolute atomic E-state index is 0.0272. The summed E-state index contributed by atoms with van der Waals surface area (Å²) in [7, 11) is -2.48. The van der Waals surface area contributed by atoms with Crippen molar-refractivity contribution in [3.05, 3.63) is 22.4 Å². The van der Waals surface area contributed by atoms with Gasteiger partial charge in [-0.2, -0.15) is 4.31 Å². The maximum atomic E-state index is 13.1. The Morgan fingerprint density at radius 3 is 2.71 bits per heavy atom. The van der Waals surface area contributed by atoms with Crippen molar-refractivity contribution in [1.29, 1.82) is 0 Å². The summed E-state index contributed by atoms with van der Waals surface area (Å²) in [5, 5.41) is 0. The van der Waals surface area contributed by atoms with Crippen LogP contribution >= 0.6 is 15.9 Å². The molecular weight excluding hydrogens is 311 g/mol. The highest BCUT2D eigenvalue weighted by Gasteiger charge is 2.24.